The molecule has 5 N–H and O–H groups in total. The number of nitrogens with two attached hydrogens (primary N) is 2. The number of anilines is 1. The number of ether oxygens (including phenoxy) is 1. The number of primary amides is 1. The van der Waals surface area contributed by atoms with Gasteiger partial charge in [0.1, 0.15) is 11.5 Å². The van der Waals surface area contributed by atoms with Gasteiger partial charge in [-0.2, -0.15) is 4.98 Å². The number of aryl methyl sites for hydroxylation is 1. The minimum atomic E-state index is -0.618. The average molecular weight is 535 g/mol. The van der Waals surface area contributed by atoms with Crippen LogP contribution in [-0.2, 0) is 6.42 Å². The molecule has 0 radical (unpaired) electrons. The maximum Gasteiger partial charge on any atom is 0.271 e. The number of likely N-dealkylation sites (tertiary alicyclic amines) is 1. The second-order valence-electron chi connectivity index (χ2n) is 10.9. The lowest BCUT2D eigenvalue weighted by molar-refractivity contribution is 0.0764. The highest BCUT2D eigenvalue weighted by Gasteiger charge is 2.28. The van der Waals surface area contributed by atoms with Crippen molar-refractivity contribution in [3.63, 3.8) is 0 Å². The first-order chi connectivity index (χ1) is 18.9. The summed E-state index contributed by atoms with van der Waals surface area (Å²) in [5.41, 5.74) is 13.7. The number of hydrogen-bond donors (Lipinski definition) is 3. The number of carbonyl (C=O) groups is 1. The number of nitrogens with zero attached hydrogens (tertiary/aromatic N) is 5. The Morgan fingerprint density at radius 3 is 2.54 bits per heavy atom. The van der Waals surface area contributed by atoms with Crippen molar-refractivity contribution in [3.05, 3.63) is 59.3 Å². The van der Waals surface area contributed by atoms with Gasteiger partial charge in [-0.05, 0) is 44.9 Å². The Hall–Kier alpha value is -3.21. The van der Waals surface area contributed by atoms with Gasteiger partial charge in [0.15, 0.2) is 11.5 Å². The largest absolute Gasteiger partial charge is 0.442 e. The van der Waals surface area contributed by atoms with Crippen LogP contribution in [0.4, 0.5) is 5.82 Å². The number of piperidine rings is 1. The zero-order valence-electron chi connectivity index (χ0n) is 23.2. The molecule has 0 saturated carbocycles. The van der Waals surface area contributed by atoms with E-state index in [1.807, 2.05) is 25.2 Å². The van der Waals surface area contributed by atoms with E-state index in [1.54, 1.807) is 0 Å². The van der Waals surface area contributed by atoms with Crippen molar-refractivity contribution in [2.45, 2.75) is 57.2 Å². The molecule has 1 aromatic heterocycles. The Labute approximate surface area is 231 Å². The Bertz CT molecular complexity index is 1160. The smallest absolute Gasteiger partial charge is 0.271 e. The quantitative estimate of drug-likeness (QED) is 0.459. The molecule has 2 fully saturated rings. The molecule has 39 heavy (non-hydrogen) atoms. The highest BCUT2D eigenvalue weighted by molar-refractivity contribution is 5.95. The molecule has 2 aliphatic carbocycles. The summed E-state index contributed by atoms with van der Waals surface area (Å²) in [7, 11) is 2.21. The minimum Gasteiger partial charge on any atom is -0.442 e. The van der Waals surface area contributed by atoms with Crippen molar-refractivity contribution < 1.29 is 9.53 Å². The maximum absolute atomic E-state index is 12.3. The lowest BCUT2D eigenvalue weighted by Gasteiger charge is -2.43. The predicted molar refractivity (Wildman–Crippen MR) is 153 cm³/mol. The number of allylic oxidation sites excluding steroid dienone is 3. The fourth-order valence-electron chi connectivity index (χ4n) is 5.72. The third-order valence-corrected chi connectivity index (χ3v) is 8.09. The Kier molecular flexibility index (Phi) is 8.64. The molecule has 1 amide bonds. The van der Waals surface area contributed by atoms with Gasteiger partial charge in [-0.15, -0.1) is 0 Å². The number of carbonyl (C=O) groups excluding carboxylic acids is 1. The van der Waals surface area contributed by atoms with E-state index in [0.717, 1.165) is 19.5 Å². The standard InChI is InChI=1S/C29H42N8O2/c1-3-25-29(39-24-6-4-5-20(30)19-24)34-28(26(33-25)27(31)38)32-21-7-9-22(10-8-21)36-13-11-23(12-14-36)37-17-15-35(2)16-18-37/h4-7,9-10,20-21,23H,3,8,11-19,30H2,1-2H3,(H2,31,38)(H,32,34). The molecular formula is C29H42N8O2. The number of hydrogen-bond acceptors (Lipinski definition) is 9. The van der Waals surface area contributed by atoms with Crippen molar-refractivity contribution in [1.29, 1.82) is 0 Å². The first-order valence-corrected chi connectivity index (χ1v) is 14.2. The average Bonchev–Trinajstić information content (AvgIpc) is 2.94. The zero-order chi connectivity index (χ0) is 27.4. The topological polar surface area (TPSA) is 126 Å². The van der Waals surface area contributed by atoms with Crippen LogP contribution < -0.4 is 21.5 Å². The zero-order valence-corrected chi connectivity index (χ0v) is 23.2. The van der Waals surface area contributed by atoms with Crippen LogP contribution in [0.25, 0.3) is 0 Å². The van der Waals surface area contributed by atoms with Gasteiger partial charge in [-0.25, -0.2) is 4.98 Å². The van der Waals surface area contributed by atoms with Crippen LogP contribution >= 0.6 is 0 Å². The Morgan fingerprint density at radius 2 is 1.90 bits per heavy atom. The van der Waals surface area contributed by atoms with Gasteiger partial charge in [-0.1, -0.05) is 31.2 Å². The molecular weight excluding hydrogens is 492 g/mol. The number of rotatable bonds is 8. The molecule has 5 rings (SSSR count). The fraction of sp³-hybridized carbons (Fsp3) is 0.552. The lowest BCUT2D eigenvalue weighted by atomic mass is 9.99. The normalized spacial score (nSPS) is 24.8. The summed E-state index contributed by atoms with van der Waals surface area (Å²) in [4.78, 5) is 29.0. The van der Waals surface area contributed by atoms with E-state index in [2.05, 4.69) is 55.3 Å². The molecule has 2 unspecified atom stereocenters. The number of piperazine rings is 1. The summed E-state index contributed by atoms with van der Waals surface area (Å²) in [6.45, 7) is 8.81. The van der Waals surface area contributed by atoms with E-state index in [0.29, 0.717) is 42.0 Å². The number of aromatic nitrogens is 2. The van der Waals surface area contributed by atoms with Crippen molar-refractivity contribution in [1.82, 2.24) is 24.7 Å². The van der Waals surface area contributed by atoms with Gasteiger partial charge in [0.2, 0.25) is 5.88 Å². The van der Waals surface area contributed by atoms with Gasteiger partial charge >= 0.3 is 0 Å². The predicted octanol–water partition coefficient (Wildman–Crippen LogP) is 2.02. The third-order valence-electron chi connectivity index (χ3n) is 8.09. The molecule has 0 bridgehead atoms. The van der Waals surface area contributed by atoms with Crippen LogP contribution in [0.3, 0.4) is 0 Å². The summed E-state index contributed by atoms with van der Waals surface area (Å²) in [5.74, 6) is 0.809. The fourth-order valence-corrected chi connectivity index (χ4v) is 5.72. The SMILES string of the molecule is CCc1nc(C(N)=O)c(NC2C=CC(N3CCC(N4CCN(C)CC4)CC3)=CC2)nc1OC1=CC=CC(N)C1. The second kappa shape index (κ2) is 12.3. The highest BCUT2D eigenvalue weighted by Crippen LogP contribution is 2.27. The Balaban J connectivity index is 1.21. The van der Waals surface area contributed by atoms with E-state index in [-0.39, 0.29) is 17.8 Å². The van der Waals surface area contributed by atoms with Crippen molar-refractivity contribution in [2.24, 2.45) is 11.5 Å². The van der Waals surface area contributed by atoms with Crippen molar-refractivity contribution in [3.8, 4) is 5.88 Å². The molecule has 1 aromatic rings. The summed E-state index contributed by atoms with van der Waals surface area (Å²) < 4.78 is 6.09. The van der Waals surface area contributed by atoms with E-state index in [4.69, 9.17) is 16.2 Å². The molecule has 10 heteroatoms. The summed E-state index contributed by atoms with van der Waals surface area (Å²) in [6, 6.07) is 0.563. The van der Waals surface area contributed by atoms with Crippen LogP contribution in [0, 0.1) is 0 Å². The summed E-state index contributed by atoms with van der Waals surface area (Å²) >= 11 is 0. The molecule has 3 heterocycles. The van der Waals surface area contributed by atoms with E-state index < -0.39 is 5.91 Å². The number of amides is 1. The summed E-state index contributed by atoms with van der Waals surface area (Å²) in [6.07, 6.45) is 16.6. The Morgan fingerprint density at radius 1 is 1.13 bits per heavy atom. The first-order valence-electron chi connectivity index (χ1n) is 14.2. The van der Waals surface area contributed by atoms with Gasteiger partial charge in [0.25, 0.3) is 5.91 Å². The molecule has 4 aliphatic rings. The van der Waals surface area contributed by atoms with Gasteiger partial charge in [0.05, 0.1) is 0 Å². The maximum atomic E-state index is 12.3. The molecule has 10 nitrogen and oxygen atoms in total. The van der Waals surface area contributed by atoms with Crippen LogP contribution in [0.15, 0.2) is 47.9 Å². The molecule has 2 saturated heterocycles. The summed E-state index contributed by atoms with van der Waals surface area (Å²) in [5, 5.41) is 3.37. The molecule has 210 valence electrons. The highest BCUT2D eigenvalue weighted by atomic mass is 16.5. The first kappa shape index (κ1) is 27.4. The van der Waals surface area contributed by atoms with Crippen LogP contribution in [0.2, 0.25) is 0 Å². The van der Waals surface area contributed by atoms with Crippen LogP contribution in [0.1, 0.15) is 48.8 Å². The van der Waals surface area contributed by atoms with E-state index in [9.17, 15) is 4.79 Å². The van der Waals surface area contributed by atoms with Crippen LogP contribution in [0.5, 0.6) is 5.88 Å². The molecule has 2 aliphatic heterocycles. The third kappa shape index (κ3) is 6.69. The van der Waals surface area contributed by atoms with Crippen molar-refractivity contribution in [2.75, 3.05) is 51.6 Å². The van der Waals surface area contributed by atoms with Crippen molar-refractivity contribution >= 4 is 11.7 Å². The monoisotopic (exact) mass is 534 g/mol. The van der Waals surface area contributed by atoms with Gasteiger partial charge < -0.3 is 31.3 Å². The van der Waals surface area contributed by atoms with Gasteiger partial charge in [0, 0.05) is 69.5 Å². The molecule has 2 atom stereocenters. The van der Waals surface area contributed by atoms with E-state index in [1.165, 1.54) is 44.7 Å². The lowest BCUT2D eigenvalue weighted by Crippen LogP contribution is -2.52. The second-order valence-corrected chi connectivity index (χ2v) is 10.9. The van der Waals surface area contributed by atoms with E-state index >= 15 is 0 Å². The minimum absolute atomic E-state index is 0.0328. The molecule has 0 spiro atoms. The van der Waals surface area contributed by atoms with Gasteiger partial charge in [-0.3, -0.25) is 9.69 Å². The van der Waals surface area contributed by atoms with Crippen LogP contribution in [-0.4, -0.2) is 95.0 Å². The molecule has 0 aromatic carbocycles. The number of likely N-dealkylation sites (N-methyl/N-ethyl adjacent to an activating group) is 1. The number of nitrogens with one attached hydrogen (secondary N) is 1.